The molecule has 2 aromatic rings. The van der Waals surface area contributed by atoms with Crippen molar-refractivity contribution in [2.24, 2.45) is 4.99 Å². The molecule has 0 aliphatic rings. The molecule has 0 fully saturated rings. The number of aromatic amines is 1. The number of H-pyrrole nitrogens is 1. The Morgan fingerprint density at radius 3 is 2.80 bits per heavy atom. The summed E-state index contributed by atoms with van der Waals surface area (Å²) in [6, 6.07) is 0.166. The number of fused-ring (bicyclic) bond motifs is 1. The van der Waals surface area contributed by atoms with Crippen molar-refractivity contribution < 1.29 is 4.39 Å². The number of pyridine rings is 1. The Labute approximate surface area is 149 Å². The van der Waals surface area contributed by atoms with Gasteiger partial charge in [-0.3, -0.25) is 19.3 Å². The van der Waals surface area contributed by atoms with Crippen LogP contribution in [0.5, 0.6) is 0 Å². The summed E-state index contributed by atoms with van der Waals surface area (Å²) in [7, 11) is 0. The first kappa shape index (κ1) is 19.1. The molecule has 2 aromatic heterocycles. The maximum atomic E-state index is 13.8. The van der Waals surface area contributed by atoms with Crippen LogP contribution < -0.4 is 11.2 Å². The van der Waals surface area contributed by atoms with Crippen molar-refractivity contribution in [3.8, 4) is 0 Å². The Hall–Kier alpha value is -2.28. The SMILES string of the molecule is C=N[C@@H](CCC)C(/C(C)=C\C)n1c(=O)[nH]c(=O)c2cc(F)c(Cl)nc21. The van der Waals surface area contributed by atoms with Crippen LogP contribution in [0.1, 0.15) is 39.7 Å². The zero-order chi connectivity index (χ0) is 18.7. The third-order valence-electron chi connectivity index (χ3n) is 4.21. The number of hydrogen-bond donors (Lipinski definition) is 1. The molecule has 0 amide bonds. The van der Waals surface area contributed by atoms with E-state index >= 15 is 0 Å². The molecule has 134 valence electrons. The third-order valence-corrected chi connectivity index (χ3v) is 4.47. The van der Waals surface area contributed by atoms with E-state index in [-0.39, 0.29) is 17.1 Å². The zero-order valence-electron chi connectivity index (χ0n) is 14.3. The average molecular weight is 367 g/mol. The standard InChI is InChI=1S/C17H20ClFN4O2/c1-5-7-12(20-4)13(9(3)6-2)23-15-10(16(24)22-17(23)25)8-11(19)14(18)21-15/h6,8,12-13H,4-5,7H2,1-3H3,(H,22,24,25)/b9-6-/t12-,13?/m0/s1. The molecular formula is C17H20ClFN4O2. The van der Waals surface area contributed by atoms with E-state index in [9.17, 15) is 14.0 Å². The van der Waals surface area contributed by atoms with Gasteiger partial charge in [-0.15, -0.1) is 0 Å². The van der Waals surface area contributed by atoms with Crippen LogP contribution in [-0.2, 0) is 0 Å². The van der Waals surface area contributed by atoms with Crippen molar-refractivity contribution in [2.45, 2.75) is 45.7 Å². The summed E-state index contributed by atoms with van der Waals surface area (Å²) >= 11 is 5.79. The number of rotatable bonds is 6. The summed E-state index contributed by atoms with van der Waals surface area (Å²) in [5.74, 6) is -0.823. The van der Waals surface area contributed by atoms with Crippen LogP contribution in [0.3, 0.4) is 0 Å². The largest absolute Gasteiger partial charge is 0.330 e. The minimum absolute atomic E-state index is 0.0242. The molecular weight excluding hydrogens is 347 g/mol. The molecule has 8 heteroatoms. The molecule has 25 heavy (non-hydrogen) atoms. The molecule has 2 atom stereocenters. The van der Waals surface area contributed by atoms with Gasteiger partial charge in [-0.05, 0) is 33.1 Å². The summed E-state index contributed by atoms with van der Waals surface area (Å²) in [6.45, 7) is 9.32. The lowest BCUT2D eigenvalue weighted by Crippen LogP contribution is -2.38. The number of nitrogens with zero attached hydrogens (tertiary/aromatic N) is 3. The van der Waals surface area contributed by atoms with Crippen molar-refractivity contribution in [3.05, 3.63) is 49.5 Å². The lowest BCUT2D eigenvalue weighted by molar-refractivity contribution is 0.432. The first-order valence-electron chi connectivity index (χ1n) is 7.94. The van der Waals surface area contributed by atoms with Gasteiger partial charge in [0.15, 0.2) is 16.6 Å². The van der Waals surface area contributed by atoms with Crippen LogP contribution in [-0.4, -0.2) is 27.3 Å². The molecule has 0 saturated carbocycles. The van der Waals surface area contributed by atoms with E-state index in [0.29, 0.717) is 6.42 Å². The Morgan fingerprint density at radius 1 is 1.56 bits per heavy atom. The molecule has 6 nitrogen and oxygen atoms in total. The molecule has 0 aliphatic heterocycles. The van der Waals surface area contributed by atoms with Crippen LogP contribution in [0.25, 0.3) is 11.0 Å². The molecule has 2 rings (SSSR count). The Kier molecular flexibility index (Phi) is 5.89. The number of aromatic nitrogens is 3. The van der Waals surface area contributed by atoms with Crippen LogP contribution in [0.2, 0.25) is 5.15 Å². The average Bonchev–Trinajstić information content (AvgIpc) is 2.58. The molecule has 0 radical (unpaired) electrons. The van der Waals surface area contributed by atoms with E-state index < -0.39 is 28.3 Å². The minimum Gasteiger partial charge on any atom is -0.295 e. The second-order valence-corrected chi connectivity index (χ2v) is 6.14. The van der Waals surface area contributed by atoms with E-state index in [1.165, 1.54) is 4.57 Å². The predicted molar refractivity (Wildman–Crippen MR) is 98.3 cm³/mol. The number of nitrogens with one attached hydrogen (secondary N) is 1. The van der Waals surface area contributed by atoms with E-state index in [1.807, 2.05) is 26.8 Å². The molecule has 0 bridgehead atoms. The predicted octanol–water partition coefficient (Wildman–Crippen LogP) is 3.25. The summed E-state index contributed by atoms with van der Waals surface area (Å²) in [4.78, 5) is 35.0. The molecule has 0 aromatic carbocycles. The van der Waals surface area contributed by atoms with Gasteiger partial charge in [0.05, 0.1) is 17.5 Å². The highest BCUT2D eigenvalue weighted by Crippen LogP contribution is 2.28. The van der Waals surface area contributed by atoms with Gasteiger partial charge in [0, 0.05) is 0 Å². The van der Waals surface area contributed by atoms with Crippen molar-refractivity contribution in [1.29, 1.82) is 0 Å². The van der Waals surface area contributed by atoms with E-state index in [1.54, 1.807) is 0 Å². The van der Waals surface area contributed by atoms with E-state index in [0.717, 1.165) is 18.1 Å². The number of allylic oxidation sites excluding steroid dienone is 1. The second kappa shape index (κ2) is 7.74. The number of hydrogen-bond acceptors (Lipinski definition) is 4. The molecule has 0 aliphatic carbocycles. The lowest BCUT2D eigenvalue weighted by atomic mass is 9.96. The van der Waals surface area contributed by atoms with Gasteiger partial charge in [-0.2, -0.15) is 0 Å². The topological polar surface area (TPSA) is 80.1 Å². The Bertz CT molecular complexity index is 948. The molecule has 0 saturated heterocycles. The fraction of sp³-hybridized carbons (Fsp3) is 0.412. The monoisotopic (exact) mass is 366 g/mol. The van der Waals surface area contributed by atoms with Crippen molar-refractivity contribution >= 4 is 29.4 Å². The first-order valence-corrected chi connectivity index (χ1v) is 8.32. The smallest absolute Gasteiger partial charge is 0.295 e. The Morgan fingerprint density at radius 2 is 2.24 bits per heavy atom. The highest BCUT2D eigenvalue weighted by atomic mass is 35.5. The van der Waals surface area contributed by atoms with Gasteiger partial charge in [-0.1, -0.05) is 36.6 Å². The summed E-state index contributed by atoms with van der Waals surface area (Å²) in [5.41, 5.74) is -0.488. The first-order chi connectivity index (χ1) is 11.8. The fourth-order valence-corrected chi connectivity index (χ4v) is 3.02. The maximum absolute atomic E-state index is 13.8. The van der Waals surface area contributed by atoms with Crippen molar-refractivity contribution in [2.75, 3.05) is 0 Å². The zero-order valence-corrected chi connectivity index (χ0v) is 15.1. The van der Waals surface area contributed by atoms with Crippen molar-refractivity contribution in [3.63, 3.8) is 0 Å². The second-order valence-electron chi connectivity index (χ2n) is 5.78. The quantitative estimate of drug-likeness (QED) is 0.484. The number of aliphatic imine (C=N–C) groups is 1. The van der Waals surface area contributed by atoms with Crippen molar-refractivity contribution in [1.82, 2.24) is 14.5 Å². The van der Waals surface area contributed by atoms with Crippen LogP contribution in [0, 0.1) is 5.82 Å². The van der Waals surface area contributed by atoms with Gasteiger partial charge in [-0.25, -0.2) is 14.2 Å². The lowest BCUT2D eigenvalue weighted by Gasteiger charge is -2.27. The van der Waals surface area contributed by atoms with Gasteiger partial charge in [0.25, 0.3) is 5.56 Å². The van der Waals surface area contributed by atoms with Crippen LogP contribution in [0.15, 0.2) is 32.3 Å². The Balaban J connectivity index is 2.92. The summed E-state index contributed by atoms with van der Waals surface area (Å²) in [5, 5.41) is -0.448. The minimum atomic E-state index is -0.823. The summed E-state index contributed by atoms with van der Waals surface area (Å²) in [6.07, 6.45) is 3.37. The van der Waals surface area contributed by atoms with E-state index in [2.05, 4.69) is 21.7 Å². The molecule has 2 heterocycles. The molecule has 1 unspecified atom stereocenters. The normalized spacial score (nSPS) is 14.5. The highest BCUT2D eigenvalue weighted by molar-refractivity contribution is 6.29. The molecule has 0 spiro atoms. The van der Waals surface area contributed by atoms with Crippen LogP contribution in [0.4, 0.5) is 4.39 Å². The van der Waals surface area contributed by atoms with Gasteiger partial charge in [0.1, 0.15) is 0 Å². The van der Waals surface area contributed by atoms with E-state index in [4.69, 9.17) is 11.6 Å². The van der Waals surface area contributed by atoms with Gasteiger partial charge in [0.2, 0.25) is 0 Å². The maximum Gasteiger partial charge on any atom is 0.330 e. The van der Waals surface area contributed by atoms with Gasteiger partial charge < -0.3 is 0 Å². The molecule has 1 N–H and O–H groups in total. The highest BCUT2D eigenvalue weighted by Gasteiger charge is 2.27. The van der Waals surface area contributed by atoms with Crippen LogP contribution >= 0.6 is 11.6 Å². The summed E-state index contributed by atoms with van der Waals surface area (Å²) < 4.78 is 15.1. The number of halogens is 2. The fourth-order valence-electron chi connectivity index (χ4n) is 2.88. The van der Waals surface area contributed by atoms with Gasteiger partial charge >= 0.3 is 5.69 Å². The third kappa shape index (κ3) is 3.56.